The SMILES string of the molecule is COc1ccccc1/C=C/C(=O)Nc1cc(C)nc2c(F)cc(F)cc12. The number of methoxy groups -OCH3 is 1. The third-order valence-corrected chi connectivity index (χ3v) is 3.77. The van der Waals surface area contributed by atoms with Gasteiger partial charge in [-0.3, -0.25) is 4.79 Å². The molecule has 0 aliphatic rings. The normalized spacial score (nSPS) is 11.1. The van der Waals surface area contributed by atoms with Crippen molar-refractivity contribution in [1.82, 2.24) is 4.98 Å². The van der Waals surface area contributed by atoms with E-state index in [0.717, 1.165) is 17.7 Å². The summed E-state index contributed by atoms with van der Waals surface area (Å²) in [5.41, 5.74) is 1.54. The van der Waals surface area contributed by atoms with Crippen molar-refractivity contribution >= 4 is 28.6 Å². The number of rotatable bonds is 4. The number of aromatic nitrogens is 1. The number of nitrogens with one attached hydrogen (secondary N) is 1. The number of benzene rings is 2. The summed E-state index contributed by atoms with van der Waals surface area (Å²) in [7, 11) is 1.54. The van der Waals surface area contributed by atoms with E-state index in [2.05, 4.69) is 10.3 Å². The summed E-state index contributed by atoms with van der Waals surface area (Å²) in [4.78, 5) is 16.3. The highest BCUT2D eigenvalue weighted by Crippen LogP contribution is 2.26. The number of amides is 1. The quantitative estimate of drug-likeness (QED) is 0.703. The van der Waals surface area contributed by atoms with Crippen molar-refractivity contribution in [2.24, 2.45) is 0 Å². The van der Waals surface area contributed by atoms with Crippen LogP contribution < -0.4 is 10.1 Å². The Bertz CT molecular complexity index is 1020. The van der Waals surface area contributed by atoms with Crippen molar-refractivity contribution < 1.29 is 18.3 Å². The molecule has 0 aliphatic carbocycles. The zero-order valence-electron chi connectivity index (χ0n) is 14.2. The second-order valence-electron chi connectivity index (χ2n) is 5.66. The van der Waals surface area contributed by atoms with Gasteiger partial charge in [0.2, 0.25) is 5.91 Å². The summed E-state index contributed by atoms with van der Waals surface area (Å²) in [6, 6.07) is 10.7. The highest BCUT2D eigenvalue weighted by molar-refractivity contribution is 6.07. The molecule has 0 spiro atoms. The van der Waals surface area contributed by atoms with E-state index in [1.165, 1.54) is 6.08 Å². The summed E-state index contributed by atoms with van der Waals surface area (Å²) in [5, 5.41) is 2.85. The lowest BCUT2D eigenvalue weighted by molar-refractivity contribution is -0.111. The predicted molar refractivity (Wildman–Crippen MR) is 97.1 cm³/mol. The monoisotopic (exact) mass is 354 g/mol. The van der Waals surface area contributed by atoms with Crippen molar-refractivity contribution in [1.29, 1.82) is 0 Å². The third kappa shape index (κ3) is 3.69. The molecule has 0 saturated carbocycles. The van der Waals surface area contributed by atoms with Gasteiger partial charge in [-0.1, -0.05) is 18.2 Å². The molecule has 1 heterocycles. The number of anilines is 1. The molecule has 3 rings (SSSR count). The first-order valence-electron chi connectivity index (χ1n) is 7.86. The van der Waals surface area contributed by atoms with Crippen LogP contribution in [-0.4, -0.2) is 18.0 Å². The number of aryl methyl sites for hydroxylation is 1. The van der Waals surface area contributed by atoms with E-state index in [-0.39, 0.29) is 10.9 Å². The molecule has 0 fully saturated rings. The van der Waals surface area contributed by atoms with Gasteiger partial charge in [0.25, 0.3) is 0 Å². The number of hydrogen-bond acceptors (Lipinski definition) is 3. The van der Waals surface area contributed by atoms with E-state index in [0.29, 0.717) is 17.1 Å². The van der Waals surface area contributed by atoms with Gasteiger partial charge in [0.05, 0.1) is 12.8 Å². The molecular formula is C20H16F2N2O2. The lowest BCUT2D eigenvalue weighted by Crippen LogP contribution is -2.09. The van der Waals surface area contributed by atoms with Gasteiger partial charge in [-0.25, -0.2) is 13.8 Å². The first-order chi connectivity index (χ1) is 12.5. The number of carbonyl (C=O) groups excluding carboxylic acids is 1. The van der Waals surface area contributed by atoms with Gasteiger partial charge < -0.3 is 10.1 Å². The van der Waals surface area contributed by atoms with E-state index in [1.807, 2.05) is 12.1 Å². The summed E-state index contributed by atoms with van der Waals surface area (Å²) in [5.74, 6) is -1.32. The Morgan fingerprint density at radius 3 is 2.73 bits per heavy atom. The fourth-order valence-corrected chi connectivity index (χ4v) is 2.63. The third-order valence-electron chi connectivity index (χ3n) is 3.77. The van der Waals surface area contributed by atoms with E-state index < -0.39 is 17.5 Å². The molecule has 0 bridgehead atoms. The van der Waals surface area contributed by atoms with Gasteiger partial charge in [-0.15, -0.1) is 0 Å². The highest BCUT2D eigenvalue weighted by Gasteiger charge is 2.12. The molecule has 2 aromatic carbocycles. The van der Waals surface area contributed by atoms with Crippen LogP contribution in [0.5, 0.6) is 5.75 Å². The Kier molecular flexibility index (Phi) is 4.93. The summed E-state index contributed by atoms with van der Waals surface area (Å²) >= 11 is 0. The number of fused-ring (bicyclic) bond motifs is 1. The van der Waals surface area contributed by atoms with Crippen LogP contribution in [0.4, 0.5) is 14.5 Å². The topological polar surface area (TPSA) is 51.2 Å². The lowest BCUT2D eigenvalue weighted by Gasteiger charge is -2.09. The van der Waals surface area contributed by atoms with Crippen molar-refractivity contribution in [2.45, 2.75) is 6.92 Å². The Morgan fingerprint density at radius 2 is 1.96 bits per heavy atom. The summed E-state index contributed by atoms with van der Waals surface area (Å²) < 4.78 is 32.7. The van der Waals surface area contributed by atoms with Crippen molar-refractivity contribution in [3.05, 3.63) is 71.4 Å². The average molecular weight is 354 g/mol. The standard InChI is InChI=1S/C20H16F2N2O2/c1-12-9-17(15-10-14(21)11-16(22)20(15)23-12)24-19(25)8-7-13-5-3-4-6-18(13)26-2/h3-11H,1-2H3,(H,23,24,25)/b8-7+. The molecule has 6 heteroatoms. The van der Waals surface area contributed by atoms with Crippen LogP contribution in [0.15, 0.2) is 48.5 Å². The number of ether oxygens (including phenoxy) is 1. The van der Waals surface area contributed by atoms with Gasteiger partial charge in [-0.2, -0.15) is 0 Å². The molecule has 0 unspecified atom stereocenters. The molecule has 1 N–H and O–H groups in total. The molecule has 3 aromatic rings. The number of para-hydroxylation sites is 1. The van der Waals surface area contributed by atoms with Gasteiger partial charge in [0.1, 0.15) is 17.1 Å². The minimum Gasteiger partial charge on any atom is -0.496 e. The fourth-order valence-electron chi connectivity index (χ4n) is 2.63. The van der Waals surface area contributed by atoms with E-state index >= 15 is 0 Å². The van der Waals surface area contributed by atoms with Gasteiger partial charge in [0.15, 0.2) is 5.82 Å². The minimum absolute atomic E-state index is 0.00964. The summed E-state index contributed by atoms with van der Waals surface area (Å²) in [6.07, 6.45) is 2.93. The number of carbonyl (C=O) groups is 1. The first-order valence-corrected chi connectivity index (χ1v) is 7.86. The van der Waals surface area contributed by atoms with Crippen LogP contribution in [0.3, 0.4) is 0 Å². The average Bonchev–Trinajstić information content (AvgIpc) is 2.61. The number of halogens is 2. The summed E-state index contributed by atoms with van der Waals surface area (Å²) in [6.45, 7) is 1.67. The Morgan fingerprint density at radius 1 is 1.19 bits per heavy atom. The largest absolute Gasteiger partial charge is 0.496 e. The smallest absolute Gasteiger partial charge is 0.248 e. The Balaban J connectivity index is 1.91. The molecular weight excluding hydrogens is 338 g/mol. The minimum atomic E-state index is -0.774. The highest BCUT2D eigenvalue weighted by atomic mass is 19.1. The van der Waals surface area contributed by atoms with E-state index in [1.54, 1.807) is 38.3 Å². The van der Waals surface area contributed by atoms with Crippen LogP contribution in [0.25, 0.3) is 17.0 Å². The van der Waals surface area contributed by atoms with E-state index in [9.17, 15) is 13.6 Å². The Hall–Kier alpha value is -3.28. The number of hydrogen-bond donors (Lipinski definition) is 1. The van der Waals surface area contributed by atoms with Gasteiger partial charge in [-0.05, 0) is 31.2 Å². The lowest BCUT2D eigenvalue weighted by atomic mass is 10.1. The molecule has 132 valence electrons. The molecule has 26 heavy (non-hydrogen) atoms. The molecule has 4 nitrogen and oxygen atoms in total. The maximum Gasteiger partial charge on any atom is 0.248 e. The van der Waals surface area contributed by atoms with Gasteiger partial charge in [0, 0.05) is 28.8 Å². The van der Waals surface area contributed by atoms with Crippen LogP contribution >= 0.6 is 0 Å². The van der Waals surface area contributed by atoms with Gasteiger partial charge >= 0.3 is 0 Å². The molecule has 0 atom stereocenters. The van der Waals surface area contributed by atoms with Crippen molar-refractivity contribution in [2.75, 3.05) is 12.4 Å². The van der Waals surface area contributed by atoms with Crippen LogP contribution in [0.2, 0.25) is 0 Å². The predicted octanol–water partition coefficient (Wildman–Crippen LogP) is 4.48. The second-order valence-corrected chi connectivity index (χ2v) is 5.66. The van der Waals surface area contributed by atoms with Crippen LogP contribution in [0.1, 0.15) is 11.3 Å². The zero-order valence-corrected chi connectivity index (χ0v) is 14.2. The van der Waals surface area contributed by atoms with E-state index in [4.69, 9.17) is 4.74 Å². The van der Waals surface area contributed by atoms with Crippen molar-refractivity contribution in [3.63, 3.8) is 0 Å². The second kappa shape index (κ2) is 7.31. The number of nitrogens with zero attached hydrogens (tertiary/aromatic N) is 1. The zero-order chi connectivity index (χ0) is 18.7. The maximum atomic E-state index is 14.0. The first kappa shape index (κ1) is 17.5. The van der Waals surface area contributed by atoms with Crippen LogP contribution in [0, 0.1) is 18.6 Å². The van der Waals surface area contributed by atoms with Crippen molar-refractivity contribution in [3.8, 4) is 5.75 Å². The molecule has 0 radical (unpaired) electrons. The van der Waals surface area contributed by atoms with Crippen LogP contribution in [-0.2, 0) is 4.79 Å². The molecule has 1 aromatic heterocycles. The molecule has 1 amide bonds. The Labute approximate surface area is 149 Å². The maximum absolute atomic E-state index is 14.0. The molecule has 0 aliphatic heterocycles. The molecule has 0 saturated heterocycles. The fraction of sp³-hybridized carbons (Fsp3) is 0.100. The number of pyridine rings is 1.